The van der Waals surface area contributed by atoms with Gasteiger partial charge in [-0.2, -0.15) is 0 Å². The van der Waals surface area contributed by atoms with Crippen LogP contribution in [-0.4, -0.2) is 54.3 Å². The van der Waals surface area contributed by atoms with Crippen LogP contribution in [-0.2, 0) is 22.6 Å². The third kappa shape index (κ3) is 6.12. The molecule has 2 heterocycles. The van der Waals surface area contributed by atoms with E-state index in [0.29, 0.717) is 18.7 Å². The lowest BCUT2D eigenvalue weighted by Crippen LogP contribution is -2.50. The van der Waals surface area contributed by atoms with Gasteiger partial charge >= 0.3 is 0 Å². The van der Waals surface area contributed by atoms with Crippen LogP contribution in [0.1, 0.15) is 10.4 Å². The van der Waals surface area contributed by atoms with E-state index in [4.69, 9.17) is 0 Å². The summed E-state index contributed by atoms with van der Waals surface area (Å²) in [4.78, 5) is 29.7. The molecule has 1 aromatic carbocycles. The number of nitrogens with zero attached hydrogens (tertiary/aromatic N) is 2. The molecule has 0 unspecified atom stereocenters. The smallest absolute Gasteiger partial charge is 0.242 e. The predicted octanol–water partition coefficient (Wildman–Crippen LogP) is 2.65. The van der Waals surface area contributed by atoms with Crippen LogP contribution >= 0.6 is 27.3 Å². The van der Waals surface area contributed by atoms with Gasteiger partial charge in [-0.1, -0.05) is 12.1 Å². The molecule has 1 N–H and O–H groups in total. The minimum absolute atomic E-state index is 0.0218. The average Bonchev–Trinajstić information content (AvgIpc) is 3.05. The number of rotatable bonds is 6. The molecule has 1 fully saturated rings. The highest BCUT2D eigenvalue weighted by Gasteiger charge is 2.21. The topological polar surface area (TPSA) is 52.7 Å². The molecule has 2 amide bonds. The van der Waals surface area contributed by atoms with E-state index in [0.717, 1.165) is 23.4 Å². The summed E-state index contributed by atoms with van der Waals surface area (Å²) in [6.45, 7) is 3.82. The Kier molecular flexibility index (Phi) is 6.98. The molecule has 8 heteroatoms. The monoisotopic (exact) mass is 453 g/mol. The fraction of sp³-hybridized carbons (Fsp3) is 0.368. The van der Waals surface area contributed by atoms with Crippen LogP contribution in [0.25, 0.3) is 0 Å². The fourth-order valence-corrected chi connectivity index (χ4v) is 4.52. The third-order valence-corrected chi connectivity index (χ3v) is 6.03. The van der Waals surface area contributed by atoms with E-state index in [-0.39, 0.29) is 30.6 Å². The van der Waals surface area contributed by atoms with Crippen molar-refractivity contribution in [1.29, 1.82) is 0 Å². The van der Waals surface area contributed by atoms with Crippen molar-refractivity contribution in [1.82, 2.24) is 15.1 Å². The molecular weight excluding hydrogens is 433 g/mol. The normalized spacial score (nSPS) is 15.0. The van der Waals surface area contributed by atoms with Crippen LogP contribution in [0.3, 0.4) is 0 Å². The second-order valence-corrected chi connectivity index (χ2v) is 8.99. The Morgan fingerprint density at radius 3 is 2.59 bits per heavy atom. The Balaban J connectivity index is 1.38. The number of benzene rings is 1. The van der Waals surface area contributed by atoms with Crippen LogP contribution in [0.4, 0.5) is 4.39 Å². The summed E-state index contributed by atoms with van der Waals surface area (Å²) in [5.41, 5.74) is 0.591. The van der Waals surface area contributed by atoms with E-state index in [2.05, 4.69) is 32.2 Å². The molecule has 5 nitrogen and oxygen atoms in total. The number of nitrogens with one attached hydrogen (secondary N) is 1. The lowest BCUT2D eigenvalue weighted by atomic mass is 10.1. The number of carbonyl (C=O) groups is 2. The third-order valence-electron chi connectivity index (χ3n) is 4.42. The Bertz CT molecular complexity index is 806. The van der Waals surface area contributed by atoms with Crippen LogP contribution in [0.2, 0.25) is 0 Å². The highest BCUT2D eigenvalue weighted by molar-refractivity contribution is 9.11. The molecule has 0 aliphatic carbocycles. The van der Waals surface area contributed by atoms with Gasteiger partial charge in [0.05, 0.1) is 16.8 Å². The summed E-state index contributed by atoms with van der Waals surface area (Å²) in [5.74, 6) is -0.735. The Labute approximate surface area is 170 Å². The summed E-state index contributed by atoms with van der Waals surface area (Å²) in [7, 11) is 0. The molecule has 27 heavy (non-hydrogen) atoms. The number of carbonyl (C=O) groups excluding carboxylic acids is 2. The SMILES string of the molecule is O=C(Cc1cccc(F)c1)NCC(=O)N1CCN(Cc2ccc(Br)s2)CC1. The van der Waals surface area contributed by atoms with Crippen molar-refractivity contribution >= 4 is 39.1 Å². The van der Waals surface area contributed by atoms with Crippen molar-refractivity contribution < 1.29 is 14.0 Å². The van der Waals surface area contributed by atoms with Crippen molar-refractivity contribution in [3.05, 3.63) is 56.4 Å². The number of amides is 2. The molecule has 0 bridgehead atoms. The zero-order valence-corrected chi connectivity index (χ0v) is 17.2. The lowest BCUT2D eigenvalue weighted by molar-refractivity contribution is -0.134. The van der Waals surface area contributed by atoms with E-state index in [1.807, 2.05) is 6.07 Å². The average molecular weight is 454 g/mol. The summed E-state index contributed by atoms with van der Waals surface area (Å²) >= 11 is 5.20. The lowest BCUT2D eigenvalue weighted by Gasteiger charge is -2.34. The van der Waals surface area contributed by atoms with Crippen molar-refractivity contribution in [2.45, 2.75) is 13.0 Å². The molecular formula is C19H21BrFN3O2S. The van der Waals surface area contributed by atoms with Gasteiger partial charge in [0, 0.05) is 37.6 Å². The summed E-state index contributed by atoms with van der Waals surface area (Å²) in [6, 6.07) is 10.1. The van der Waals surface area contributed by atoms with E-state index in [1.54, 1.807) is 28.4 Å². The molecule has 2 aromatic rings. The van der Waals surface area contributed by atoms with Crippen molar-refractivity contribution in [2.24, 2.45) is 0 Å². The molecule has 1 aliphatic rings. The first-order valence-electron chi connectivity index (χ1n) is 8.75. The van der Waals surface area contributed by atoms with Gasteiger partial charge in [-0.25, -0.2) is 4.39 Å². The predicted molar refractivity (Wildman–Crippen MR) is 107 cm³/mol. The van der Waals surface area contributed by atoms with Gasteiger partial charge in [0.15, 0.2) is 0 Å². The molecule has 0 atom stereocenters. The molecule has 1 aliphatic heterocycles. The molecule has 1 aromatic heterocycles. The zero-order valence-electron chi connectivity index (χ0n) is 14.8. The Morgan fingerprint density at radius 2 is 1.93 bits per heavy atom. The van der Waals surface area contributed by atoms with Gasteiger partial charge in [0.1, 0.15) is 5.82 Å². The number of hydrogen-bond acceptors (Lipinski definition) is 4. The number of halogens is 2. The molecule has 1 saturated heterocycles. The van der Waals surface area contributed by atoms with Crippen molar-refractivity contribution in [3.63, 3.8) is 0 Å². The molecule has 0 spiro atoms. The van der Waals surface area contributed by atoms with Gasteiger partial charge in [-0.15, -0.1) is 11.3 Å². The molecule has 144 valence electrons. The van der Waals surface area contributed by atoms with Crippen LogP contribution < -0.4 is 5.32 Å². The maximum atomic E-state index is 13.1. The number of piperazine rings is 1. The number of thiophene rings is 1. The summed E-state index contributed by atoms with van der Waals surface area (Å²) in [5, 5.41) is 2.63. The number of hydrogen-bond donors (Lipinski definition) is 1. The van der Waals surface area contributed by atoms with Gasteiger partial charge in [-0.05, 0) is 45.8 Å². The highest BCUT2D eigenvalue weighted by atomic mass is 79.9. The maximum Gasteiger partial charge on any atom is 0.242 e. The fourth-order valence-electron chi connectivity index (χ4n) is 2.99. The van der Waals surface area contributed by atoms with Gasteiger partial charge in [-0.3, -0.25) is 14.5 Å². The zero-order chi connectivity index (χ0) is 19.2. The second-order valence-electron chi connectivity index (χ2n) is 6.45. The minimum atomic E-state index is -0.371. The van der Waals surface area contributed by atoms with E-state index >= 15 is 0 Å². The highest BCUT2D eigenvalue weighted by Crippen LogP contribution is 2.23. The van der Waals surface area contributed by atoms with Gasteiger partial charge in [0.2, 0.25) is 11.8 Å². The van der Waals surface area contributed by atoms with Crippen LogP contribution in [0.15, 0.2) is 40.2 Å². The van der Waals surface area contributed by atoms with Crippen molar-refractivity contribution in [3.8, 4) is 0 Å². The second kappa shape index (κ2) is 9.43. The van der Waals surface area contributed by atoms with Gasteiger partial charge in [0.25, 0.3) is 0 Å². The summed E-state index contributed by atoms with van der Waals surface area (Å²) < 4.78 is 14.3. The largest absolute Gasteiger partial charge is 0.347 e. The Hall–Kier alpha value is -1.77. The van der Waals surface area contributed by atoms with Crippen LogP contribution in [0, 0.1) is 5.82 Å². The summed E-state index contributed by atoms with van der Waals surface area (Å²) in [6.07, 6.45) is 0.0647. The van der Waals surface area contributed by atoms with Crippen molar-refractivity contribution in [2.75, 3.05) is 32.7 Å². The van der Waals surface area contributed by atoms with Crippen LogP contribution in [0.5, 0.6) is 0 Å². The van der Waals surface area contributed by atoms with E-state index in [1.165, 1.54) is 17.0 Å². The first kappa shape index (κ1) is 20.0. The van der Waals surface area contributed by atoms with Gasteiger partial charge < -0.3 is 10.2 Å². The Morgan fingerprint density at radius 1 is 1.15 bits per heavy atom. The van der Waals surface area contributed by atoms with E-state index < -0.39 is 0 Å². The maximum absolute atomic E-state index is 13.1. The molecule has 0 saturated carbocycles. The minimum Gasteiger partial charge on any atom is -0.347 e. The van der Waals surface area contributed by atoms with E-state index in [9.17, 15) is 14.0 Å². The first-order valence-corrected chi connectivity index (χ1v) is 10.4. The standard InChI is InChI=1S/C19H21BrFN3O2S/c20-17-5-4-16(27-17)13-23-6-8-24(9-7-23)19(26)12-22-18(25)11-14-2-1-3-15(21)10-14/h1-5,10H,6-9,11-13H2,(H,22,25). The molecule has 0 radical (unpaired) electrons. The first-order chi connectivity index (χ1) is 13.0. The molecule has 3 rings (SSSR count). The quantitative estimate of drug-likeness (QED) is 0.731.